The Bertz CT molecular complexity index is 464. The highest BCUT2D eigenvalue weighted by atomic mass is 79.9. The number of anilines is 1. The molecule has 0 radical (unpaired) electrons. The number of piperidine rings is 1. The third kappa shape index (κ3) is 3.50. The van der Waals surface area contributed by atoms with Gasteiger partial charge in [-0.05, 0) is 48.0 Å². The minimum absolute atomic E-state index is 0.349. The van der Waals surface area contributed by atoms with Gasteiger partial charge in [-0.3, -0.25) is 0 Å². The number of halogens is 1. The maximum Gasteiger partial charge on any atom is 0.135 e. The van der Waals surface area contributed by atoms with E-state index in [2.05, 4.69) is 32.7 Å². The largest absolute Gasteiger partial charge is 0.376 e. The van der Waals surface area contributed by atoms with Crippen LogP contribution in [0.25, 0.3) is 0 Å². The van der Waals surface area contributed by atoms with Gasteiger partial charge in [0.05, 0.1) is 6.10 Å². The van der Waals surface area contributed by atoms with E-state index in [9.17, 15) is 0 Å². The van der Waals surface area contributed by atoms with E-state index in [1.54, 1.807) is 0 Å². The summed E-state index contributed by atoms with van der Waals surface area (Å²) in [5, 5.41) is 0. The Morgan fingerprint density at radius 3 is 2.95 bits per heavy atom. The average Bonchev–Trinajstić information content (AvgIpc) is 3.29. The van der Waals surface area contributed by atoms with Gasteiger partial charge in [0.1, 0.15) is 16.2 Å². The van der Waals surface area contributed by atoms with Gasteiger partial charge in [0.15, 0.2) is 0 Å². The van der Waals surface area contributed by atoms with Crippen LogP contribution < -0.4 is 4.90 Å². The van der Waals surface area contributed by atoms with Gasteiger partial charge in [0.25, 0.3) is 0 Å². The van der Waals surface area contributed by atoms with Crippen molar-refractivity contribution in [2.45, 2.75) is 51.0 Å². The number of ether oxygens (including phenoxy) is 1. The highest BCUT2D eigenvalue weighted by Crippen LogP contribution is 2.39. The number of nitrogens with zero attached hydrogens (tertiary/aromatic N) is 3. The summed E-state index contributed by atoms with van der Waals surface area (Å²) >= 11 is 3.52. The molecule has 2 aliphatic rings. The number of rotatable bonds is 5. The lowest BCUT2D eigenvalue weighted by Gasteiger charge is -2.33. The summed E-state index contributed by atoms with van der Waals surface area (Å²) in [5.74, 6) is 2.65. The molecule has 1 saturated carbocycles. The molecular weight excluding hydrogens is 318 g/mol. The van der Waals surface area contributed by atoms with Crippen LogP contribution in [0.15, 0.2) is 10.7 Å². The second-order valence-corrected chi connectivity index (χ2v) is 6.57. The zero-order valence-electron chi connectivity index (χ0n) is 12.0. The summed E-state index contributed by atoms with van der Waals surface area (Å²) in [4.78, 5) is 11.6. The highest BCUT2D eigenvalue weighted by molar-refractivity contribution is 9.10. The fraction of sp³-hybridized carbons (Fsp3) is 0.733. The summed E-state index contributed by atoms with van der Waals surface area (Å²) in [6.07, 6.45) is 6.24. The van der Waals surface area contributed by atoms with Crippen LogP contribution >= 0.6 is 15.9 Å². The van der Waals surface area contributed by atoms with Crippen LogP contribution in [0, 0.1) is 0 Å². The van der Waals surface area contributed by atoms with Crippen molar-refractivity contribution in [3.8, 4) is 0 Å². The summed E-state index contributed by atoms with van der Waals surface area (Å²) in [6.45, 7) is 5.04. The lowest BCUT2D eigenvalue weighted by Crippen LogP contribution is -2.40. The molecule has 0 N–H and O–H groups in total. The first-order chi connectivity index (χ1) is 9.76. The molecule has 0 aromatic carbocycles. The average molecular weight is 340 g/mol. The van der Waals surface area contributed by atoms with Crippen molar-refractivity contribution in [3.05, 3.63) is 16.5 Å². The number of hydrogen-bond donors (Lipinski definition) is 0. The molecular formula is C15H22BrN3O. The Hall–Kier alpha value is -0.680. The minimum atomic E-state index is 0.349. The molecule has 0 spiro atoms. The predicted octanol–water partition coefficient (Wildman–Crippen LogP) is 3.51. The first-order valence-corrected chi connectivity index (χ1v) is 8.46. The lowest BCUT2D eigenvalue weighted by molar-refractivity contribution is 0.0439. The topological polar surface area (TPSA) is 38.2 Å². The Morgan fingerprint density at radius 2 is 2.20 bits per heavy atom. The molecule has 5 heteroatoms. The van der Waals surface area contributed by atoms with Crippen LogP contribution in [0.1, 0.15) is 50.8 Å². The van der Waals surface area contributed by atoms with Crippen LogP contribution in [0.3, 0.4) is 0 Å². The third-order valence-electron chi connectivity index (χ3n) is 3.90. The second-order valence-electron chi connectivity index (χ2n) is 5.76. The van der Waals surface area contributed by atoms with Crippen LogP contribution in [0.5, 0.6) is 0 Å². The number of hydrogen-bond acceptors (Lipinski definition) is 4. The molecule has 1 aromatic heterocycles. The molecule has 4 nitrogen and oxygen atoms in total. The Balaban J connectivity index is 1.71. The van der Waals surface area contributed by atoms with Crippen molar-refractivity contribution in [2.24, 2.45) is 0 Å². The lowest BCUT2D eigenvalue weighted by atomic mass is 10.1. The van der Waals surface area contributed by atoms with Crippen molar-refractivity contribution < 1.29 is 4.74 Å². The summed E-state index contributed by atoms with van der Waals surface area (Å²) < 4.78 is 6.81. The van der Waals surface area contributed by atoms with Gasteiger partial charge in [0, 0.05) is 31.7 Å². The van der Waals surface area contributed by atoms with Crippen LogP contribution in [0.2, 0.25) is 0 Å². The molecule has 1 aromatic rings. The van der Waals surface area contributed by atoms with E-state index in [4.69, 9.17) is 9.72 Å². The molecule has 2 heterocycles. The van der Waals surface area contributed by atoms with Crippen LogP contribution in [-0.2, 0) is 4.74 Å². The Morgan fingerprint density at radius 1 is 1.35 bits per heavy atom. The van der Waals surface area contributed by atoms with Crippen molar-refractivity contribution in [1.29, 1.82) is 0 Å². The third-order valence-corrected chi connectivity index (χ3v) is 4.31. The molecule has 2 fully saturated rings. The van der Waals surface area contributed by atoms with Gasteiger partial charge in [-0.1, -0.05) is 6.92 Å². The smallest absolute Gasteiger partial charge is 0.135 e. The zero-order chi connectivity index (χ0) is 13.9. The Labute approximate surface area is 129 Å². The fourth-order valence-electron chi connectivity index (χ4n) is 2.68. The highest BCUT2D eigenvalue weighted by Gasteiger charge is 2.28. The van der Waals surface area contributed by atoms with Crippen molar-refractivity contribution in [1.82, 2.24) is 9.97 Å². The molecule has 1 saturated heterocycles. The van der Waals surface area contributed by atoms with Gasteiger partial charge in [-0.2, -0.15) is 0 Å². The first kappa shape index (κ1) is 14.3. The van der Waals surface area contributed by atoms with E-state index in [1.807, 2.05) is 6.07 Å². The summed E-state index contributed by atoms with van der Waals surface area (Å²) in [5.41, 5.74) is 0. The molecule has 3 rings (SSSR count). The van der Waals surface area contributed by atoms with Crippen LogP contribution in [-0.4, -0.2) is 35.8 Å². The SMILES string of the molecule is CCCOC1CCCN(c2cc(Br)nc(C3CC3)n2)C1. The predicted molar refractivity (Wildman–Crippen MR) is 83.2 cm³/mol. The molecule has 1 unspecified atom stereocenters. The van der Waals surface area contributed by atoms with Crippen molar-refractivity contribution >= 4 is 21.7 Å². The van der Waals surface area contributed by atoms with Crippen molar-refractivity contribution in [3.63, 3.8) is 0 Å². The summed E-state index contributed by atoms with van der Waals surface area (Å²) in [6, 6.07) is 2.04. The summed E-state index contributed by atoms with van der Waals surface area (Å²) in [7, 11) is 0. The van der Waals surface area contributed by atoms with E-state index in [0.717, 1.165) is 48.8 Å². The second kappa shape index (κ2) is 6.39. The standard InChI is InChI=1S/C15H22BrN3O/c1-2-8-20-12-4-3-7-19(10-12)14-9-13(16)17-15(18-14)11-5-6-11/h9,11-12H,2-8,10H2,1H3. The quantitative estimate of drug-likeness (QED) is 0.769. The van der Waals surface area contributed by atoms with Gasteiger partial charge in [-0.15, -0.1) is 0 Å². The molecule has 20 heavy (non-hydrogen) atoms. The van der Waals surface area contributed by atoms with E-state index < -0.39 is 0 Å². The normalized spacial score (nSPS) is 23.1. The van der Waals surface area contributed by atoms with Crippen LogP contribution in [0.4, 0.5) is 5.82 Å². The van der Waals surface area contributed by atoms with Gasteiger partial charge < -0.3 is 9.64 Å². The van der Waals surface area contributed by atoms with Gasteiger partial charge in [0.2, 0.25) is 0 Å². The number of aromatic nitrogens is 2. The maximum atomic E-state index is 5.91. The molecule has 1 aliphatic carbocycles. The maximum absolute atomic E-state index is 5.91. The fourth-order valence-corrected chi connectivity index (χ4v) is 3.06. The molecule has 0 amide bonds. The minimum Gasteiger partial charge on any atom is -0.376 e. The molecule has 1 aliphatic heterocycles. The monoisotopic (exact) mass is 339 g/mol. The van der Waals surface area contributed by atoms with E-state index in [0.29, 0.717) is 12.0 Å². The van der Waals surface area contributed by atoms with E-state index in [1.165, 1.54) is 19.3 Å². The zero-order valence-corrected chi connectivity index (χ0v) is 13.6. The molecule has 110 valence electrons. The van der Waals surface area contributed by atoms with Gasteiger partial charge >= 0.3 is 0 Å². The molecule has 0 bridgehead atoms. The van der Waals surface area contributed by atoms with E-state index >= 15 is 0 Å². The first-order valence-electron chi connectivity index (χ1n) is 7.67. The van der Waals surface area contributed by atoms with E-state index in [-0.39, 0.29) is 0 Å². The molecule has 1 atom stereocenters. The van der Waals surface area contributed by atoms with Crippen molar-refractivity contribution in [2.75, 3.05) is 24.6 Å². The van der Waals surface area contributed by atoms with Gasteiger partial charge in [-0.25, -0.2) is 9.97 Å². The Kier molecular flexibility index (Phi) is 4.56.